The van der Waals surface area contributed by atoms with Crippen LogP contribution in [-0.4, -0.2) is 21.0 Å². The van der Waals surface area contributed by atoms with Crippen molar-refractivity contribution in [3.63, 3.8) is 0 Å². The number of anilines is 2. The number of rotatable bonds is 3. The quantitative estimate of drug-likeness (QED) is 0.828. The standard InChI is InChI=1S/C9H7N3O2S/c13-9(14)7-3-11-8(4-10-7)12-6-1-2-15-5-6/h1-5H,(H,11,12)(H,13,14). The summed E-state index contributed by atoms with van der Waals surface area (Å²) in [5.74, 6) is -0.553. The van der Waals surface area contributed by atoms with E-state index in [9.17, 15) is 4.79 Å². The summed E-state index contributed by atoms with van der Waals surface area (Å²) in [5.41, 5.74) is 0.850. The van der Waals surface area contributed by atoms with Gasteiger partial charge in [-0.05, 0) is 11.4 Å². The van der Waals surface area contributed by atoms with Gasteiger partial charge in [-0.15, -0.1) is 0 Å². The molecule has 0 saturated heterocycles. The minimum absolute atomic E-state index is 0.0640. The van der Waals surface area contributed by atoms with Crippen LogP contribution in [0.2, 0.25) is 0 Å². The highest BCUT2D eigenvalue weighted by Gasteiger charge is 2.04. The molecule has 0 saturated carbocycles. The van der Waals surface area contributed by atoms with Crippen molar-refractivity contribution in [2.75, 3.05) is 5.32 Å². The van der Waals surface area contributed by atoms with E-state index in [1.54, 1.807) is 11.3 Å². The average Bonchev–Trinajstić information content (AvgIpc) is 2.71. The molecule has 2 rings (SSSR count). The van der Waals surface area contributed by atoms with Gasteiger partial charge < -0.3 is 10.4 Å². The molecule has 5 nitrogen and oxygen atoms in total. The van der Waals surface area contributed by atoms with E-state index in [2.05, 4.69) is 15.3 Å². The third-order valence-electron chi connectivity index (χ3n) is 1.66. The summed E-state index contributed by atoms with van der Waals surface area (Å²) in [6, 6.07) is 1.90. The number of aromatic nitrogens is 2. The Morgan fingerprint density at radius 2 is 2.27 bits per heavy atom. The molecule has 2 heterocycles. The third kappa shape index (κ3) is 2.29. The number of thiophene rings is 1. The minimum atomic E-state index is -1.08. The molecule has 0 aromatic carbocycles. The Kier molecular flexibility index (Phi) is 2.59. The highest BCUT2D eigenvalue weighted by atomic mass is 32.1. The topological polar surface area (TPSA) is 75.1 Å². The fourth-order valence-corrected chi connectivity index (χ4v) is 1.57. The van der Waals surface area contributed by atoms with Crippen molar-refractivity contribution < 1.29 is 9.90 Å². The van der Waals surface area contributed by atoms with Gasteiger partial charge >= 0.3 is 5.97 Å². The number of nitrogens with one attached hydrogen (secondary N) is 1. The molecule has 0 atom stereocenters. The molecule has 0 aliphatic carbocycles. The Morgan fingerprint density at radius 1 is 1.40 bits per heavy atom. The van der Waals surface area contributed by atoms with Crippen molar-refractivity contribution in [2.24, 2.45) is 0 Å². The number of aromatic carboxylic acids is 1. The number of carboxylic acids is 1. The van der Waals surface area contributed by atoms with Gasteiger partial charge in [-0.2, -0.15) is 11.3 Å². The van der Waals surface area contributed by atoms with E-state index < -0.39 is 5.97 Å². The summed E-state index contributed by atoms with van der Waals surface area (Å²) < 4.78 is 0. The van der Waals surface area contributed by atoms with E-state index in [-0.39, 0.29) is 5.69 Å². The largest absolute Gasteiger partial charge is 0.476 e. The van der Waals surface area contributed by atoms with Crippen molar-refractivity contribution in [1.29, 1.82) is 0 Å². The van der Waals surface area contributed by atoms with Crippen LogP contribution in [0.15, 0.2) is 29.2 Å². The summed E-state index contributed by atoms with van der Waals surface area (Å²) >= 11 is 1.56. The highest BCUT2D eigenvalue weighted by molar-refractivity contribution is 7.08. The first kappa shape index (κ1) is 9.60. The number of carboxylic acid groups (broad SMARTS) is 1. The molecule has 0 amide bonds. The second-order valence-corrected chi connectivity index (χ2v) is 3.51. The van der Waals surface area contributed by atoms with Crippen molar-refractivity contribution >= 4 is 28.8 Å². The molecule has 2 N–H and O–H groups in total. The van der Waals surface area contributed by atoms with Gasteiger partial charge in [-0.25, -0.2) is 14.8 Å². The van der Waals surface area contributed by atoms with Crippen molar-refractivity contribution in [2.45, 2.75) is 0 Å². The second kappa shape index (κ2) is 4.05. The molecule has 0 spiro atoms. The predicted molar refractivity (Wildman–Crippen MR) is 56.6 cm³/mol. The highest BCUT2D eigenvalue weighted by Crippen LogP contribution is 2.16. The zero-order chi connectivity index (χ0) is 10.7. The zero-order valence-corrected chi connectivity index (χ0v) is 8.36. The van der Waals surface area contributed by atoms with Crippen LogP contribution in [0.1, 0.15) is 10.5 Å². The number of nitrogens with zero attached hydrogens (tertiary/aromatic N) is 2. The van der Waals surface area contributed by atoms with Crippen LogP contribution in [0.4, 0.5) is 11.5 Å². The Labute approximate surface area is 89.4 Å². The lowest BCUT2D eigenvalue weighted by atomic mass is 10.4. The van der Waals surface area contributed by atoms with E-state index >= 15 is 0 Å². The molecule has 0 aliphatic heterocycles. The number of hydrogen-bond acceptors (Lipinski definition) is 5. The van der Waals surface area contributed by atoms with Gasteiger partial charge in [0, 0.05) is 5.38 Å². The molecule has 0 unspecified atom stereocenters. The molecule has 76 valence electrons. The summed E-state index contributed by atoms with van der Waals surface area (Å²) in [4.78, 5) is 18.2. The summed E-state index contributed by atoms with van der Waals surface area (Å²) in [7, 11) is 0. The zero-order valence-electron chi connectivity index (χ0n) is 7.54. The smallest absolute Gasteiger partial charge is 0.356 e. The van der Waals surface area contributed by atoms with Crippen LogP contribution in [-0.2, 0) is 0 Å². The average molecular weight is 221 g/mol. The molecule has 2 aromatic rings. The Morgan fingerprint density at radius 3 is 2.80 bits per heavy atom. The normalized spacial score (nSPS) is 9.87. The Bertz CT molecular complexity index is 453. The molecule has 0 radical (unpaired) electrons. The summed E-state index contributed by atoms with van der Waals surface area (Å²) in [6.45, 7) is 0. The SMILES string of the molecule is O=C(O)c1cnc(Nc2ccsc2)cn1. The van der Waals surface area contributed by atoms with E-state index in [0.717, 1.165) is 5.69 Å². The maximum absolute atomic E-state index is 10.5. The molecular weight excluding hydrogens is 214 g/mol. The Balaban J connectivity index is 2.14. The number of hydrogen-bond donors (Lipinski definition) is 2. The van der Waals surface area contributed by atoms with Crippen LogP contribution in [0.5, 0.6) is 0 Å². The van der Waals surface area contributed by atoms with Crippen molar-refractivity contribution in [1.82, 2.24) is 9.97 Å². The minimum Gasteiger partial charge on any atom is -0.476 e. The van der Waals surface area contributed by atoms with Crippen LogP contribution in [0.3, 0.4) is 0 Å². The molecule has 0 aliphatic rings. The predicted octanol–water partition coefficient (Wildman–Crippen LogP) is 1.98. The summed E-state index contributed by atoms with van der Waals surface area (Å²) in [5, 5.41) is 15.5. The monoisotopic (exact) mass is 221 g/mol. The lowest BCUT2D eigenvalue weighted by molar-refractivity contribution is 0.0690. The van der Waals surface area contributed by atoms with Gasteiger partial charge in [0.25, 0.3) is 0 Å². The van der Waals surface area contributed by atoms with Crippen LogP contribution in [0, 0.1) is 0 Å². The van der Waals surface area contributed by atoms with Gasteiger partial charge in [-0.1, -0.05) is 0 Å². The van der Waals surface area contributed by atoms with Gasteiger partial charge in [-0.3, -0.25) is 0 Å². The first-order valence-electron chi connectivity index (χ1n) is 4.10. The van der Waals surface area contributed by atoms with E-state index in [0.29, 0.717) is 5.82 Å². The first-order valence-corrected chi connectivity index (χ1v) is 5.04. The fourth-order valence-electron chi connectivity index (χ4n) is 0.986. The van der Waals surface area contributed by atoms with E-state index in [1.165, 1.54) is 12.4 Å². The molecule has 15 heavy (non-hydrogen) atoms. The molecule has 6 heteroatoms. The van der Waals surface area contributed by atoms with Gasteiger partial charge in [0.05, 0.1) is 18.1 Å². The molecular formula is C9H7N3O2S. The fraction of sp³-hybridized carbons (Fsp3) is 0. The van der Waals surface area contributed by atoms with Crippen LogP contribution < -0.4 is 5.32 Å². The Hall–Kier alpha value is -1.95. The van der Waals surface area contributed by atoms with E-state index in [1.807, 2.05) is 16.8 Å². The molecule has 0 fully saturated rings. The van der Waals surface area contributed by atoms with E-state index in [4.69, 9.17) is 5.11 Å². The number of carbonyl (C=O) groups is 1. The van der Waals surface area contributed by atoms with Crippen molar-refractivity contribution in [3.8, 4) is 0 Å². The first-order chi connectivity index (χ1) is 7.25. The maximum Gasteiger partial charge on any atom is 0.356 e. The molecule has 0 bridgehead atoms. The lowest BCUT2D eigenvalue weighted by Crippen LogP contribution is -2.02. The van der Waals surface area contributed by atoms with Gasteiger partial charge in [0.1, 0.15) is 5.82 Å². The van der Waals surface area contributed by atoms with Gasteiger partial charge in [0.2, 0.25) is 0 Å². The van der Waals surface area contributed by atoms with Crippen LogP contribution >= 0.6 is 11.3 Å². The van der Waals surface area contributed by atoms with Crippen molar-refractivity contribution in [3.05, 3.63) is 34.9 Å². The third-order valence-corrected chi connectivity index (χ3v) is 2.35. The second-order valence-electron chi connectivity index (χ2n) is 2.73. The lowest BCUT2D eigenvalue weighted by Gasteiger charge is -2.01. The maximum atomic E-state index is 10.5. The van der Waals surface area contributed by atoms with Crippen LogP contribution in [0.25, 0.3) is 0 Å². The van der Waals surface area contributed by atoms with Gasteiger partial charge in [0.15, 0.2) is 5.69 Å². The molecule has 2 aromatic heterocycles. The summed E-state index contributed by atoms with van der Waals surface area (Å²) in [6.07, 6.45) is 2.61.